The number of rotatable bonds is 3. The predicted octanol–water partition coefficient (Wildman–Crippen LogP) is 4.90. The Bertz CT molecular complexity index is 708. The maximum absolute atomic E-state index is 7.09. The number of hydrogen-bond donors (Lipinski definition) is 0. The average Bonchev–Trinajstić information content (AvgIpc) is 2.98. The van der Waals surface area contributed by atoms with Gasteiger partial charge in [-0.2, -0.15) is 0 Å². The summed E-state index contributed by atoms with van der Waals surface area (Å²) in [6.45, 7) is 4.77. The van der Waals surface area contributed by atoms with Crippen molar-refractivity contribution < 1.29 is 4.43 Å². The molecule has 2 atom stereocenters. The lowest BCUT2D eigenvalue weighted by atomic mass is 10.1. The molecular formula is C21H26OSi. The van der Waals surface area contributed by atoms with Crippen LogP contribution in [0.3, 0.4) is 0 Å². The van der Waals surface area contributed by atoms with E-state index in [1.807, 2.05) is 0 Å². The van der Waals surface area contributed by atoms with Crippen LogP contribution in [0.1, 0.15) is 49.5 Å². The summed E-state index contributed by atoms with van der Waals surface area (Å²) in [5.74, 6) is 0. The quantitative estimate of drug-likeness (QED) is 0.730. The lowest BCUT2D eigenvalue weighted by Crippen LogP contribution is -2.57. The molecule has 1 nitrogen and oxygen atoms in total. The van der Waals surface area contributed by atoms with Gasteiger partial charge in [0.05, 0.1) is 6.10 Å². The molecule has 0 unspecified atom stereocenters. The molecule has 0 N–H and O–H groups in total. The van der Waals surface area contributed by atoms with Crippen LogP contribution in [0.5, 0.6) is 0 Å². The van der Waals surface area contributed by atoms with Gasteiger partial charge < -0.3 is 4.43 Å². The molecule has 1 heterocycles. The first kappa shape index (κ1) is 15.2. The van der Waals surface area contributed by atoms with Crippen LogP contribution in [-0.4, -0.2) is 8.32 Å². The molecule has 2 heteroatoms. The third-order valence-corrected chi connectivity index (χ3v) is 10.9. The van der Waals surface area contributed by atoms with Crippen LogP contribution in [0.4, 0.5) is 0 Å². The first-order valence-corrected chi connectivity index (χ1v) is 11.2. The van der Waals surface area contributed by atoms with E-state index in [2.05, 4.69) is 62.4 Å². The summed E-state index contributed by atoms with van der Waals surface area (Å²) < 4.78 is 7.09. The fourth-order valence-corrected chi connectivity index (χ4v) is 9.15. The highest BCUT2D eigenvalue weighted by atomic mass is 28.4. The Hall–Kier alpha value is -1.38. The second-order valence-corrected chi connectivity index (χ2v) is 11.6. The molecule has 0 spiro atoms. The molecule has 2 aromatic carbocycles. The number of benzene rings is 2. The summed E-state index contributed by atoms with van der Waals surface area (Å²) in [7, 11) is -1.91. The van der Waals surface area contributed by atoms with E-state index in [0.717, 1.165) is 6.42 Å². The van der Waals surface area contributed by atoms with Crippen molar-refractivity contribution in [3.63, 3.8) is 0 Å². The molecule has 4 rings (SSSR count). The zero-order chi connectivity index (χ0) is 15.9. The van der Waals surface area contributed by atoms with Crippen molar-refractivity contribution in [1.82, 2.24) is 0 Å². The number of hydrogen-bond acceptors (Lipinski definition) is 1. The van der Waals surface area contributed by atoms with E-state index < -0.39 is 8.32 Å². The van der Waals surface area contributed by atoms with Crippen molar-refractivity contribution in [2.75, 3.05) is 0 Å². The van der Waals surface area contributed by atoms with E-state index in [-0.39, 0.29) is 0 Å². The number of aryl methyl sites for hydroxylation is 2. The highest BCUT2D eigenvalue weighted by molar-refractivity contribution is 6.88. The Balaban J connectivity index is 1.74. The molecule has 0 saturated carbocycles. The molecule has 0 bridgehead atoms. The van der Waals surface area contributed by atoms with Gasteiger partial charge in [-0.1, -0.05) is 62.4 Å². The molecule has 0 amide bonds. The normalized spacial score (nSPS) is 26.1. The third kappa shape index (κ3) is 2.49. The van der Waals surface area contributed by atoms with Crippen molar-refractivity contribution in [2.24, 2.45) is 0 Å². The van der Waals surface area contributed by atoms with Gasteiger partial charge in [-0.25, -0.2) is 0 Å². The van der Waals surface area contributed by atoms with Gasteiger partial charge in [-0.3, -0.25) is 0 Å². The van der Waals surface area contributed by atoms with Crippen molar-refractivity contribution in [3.05, 3.63) is 65.2 Å². The van der Waals surface area contributed by atoms with E-state index in [0.29, 0.717) is 11.6 Å². The first-order valence-electron chi connectivity index (χ1n) is 9.05. The van der Waals surface area contributed by atoms with E-state index in [1.165, 1.54) is 36.4 Å². The molecule has 0 saturated heterocycles. The van der Waals surface area contributed by atoms with Crippen LogP contribution < -0.4 is 5.19 Å². The SMILES string of the molecule is CC(C)[Si@]1(O[C@@H]2CCc3ccccc32)CCCc2ccccc21. The van der Waals surface area contributed by atoms with Crippen molar-refractivity contribution in [1.29, 1.82) is 0 Å². The Morgan fingerprint density at radius 3 is 2.52 bits per heavy atom. The minimum Gasteiger partial charge on any atom is -0.405 e. The molecule has 2 aliphatic rings. The fraction of sp³-hybridized carbons (Fsp3) is 0.429. The summed E-state index contributed by atoms with van der Waals surface area (Å²) >= 11 is 0. The Labute approximate surface area is 140 Å². The Kier molecular flexibility index (Phi) is 3.90. The molecule has 2 aromatic rings. The zero-order valence-electron chi connectivity index (χ0n) is 14.2. The highest BCUT2D eigenvalue weighted by Gasteiger charge is 2.46. The largest absolute Gasteiger partial charge is 0.405 e. The van der Waals surface area contributed by atoms with Gasteiger partial charge in [0.1, 0.15) is 0 Å². The van der Waals surface area contributed by atoms with Crippen molar-refractivity contribution in [2.45, 2.75) is 57.2 Å². The van der Waals surface area contributed by atoms with E-state index in [1.54, 1.807) is 10.8 Å². The molecule has 0 aromatic heterocycles. The second-order valence-electron chi connectivity index (χ2n) is 7.40. The smallest absolute Gasteiger partial charge is 0.227 e. The van der Waals surface area contributed by atoms with Crippen LogP contribution in [-0.2, 0) is 17.3 Å². The predicted molar refractivity (Wildman–Crippen MR) is 98.6 cm³/mol. The lowest BCUT2D eigenvalue weighted by molar-refractivity contribution is 0.191. The molecule has 0 radical (unpaired) electrons. The molecule has 120 valence electrons. The van der Waals surface area contributed by atoms with Crippen LogP contribution in [0.2, 0.25) is 11.6 Å². The Morgan fingerprint density at radius 2 is 1.70 bits per heavy atom. The molecule has 23 heavy (non-hydrogen) atoms. The highest BCUT2D eigenvalue weighted by Crippen LogP contribution is 2.41. The summed E-state index contributed by atoms with van der Waals surface area (Å²) in [4.78, 5) is 0. The van der Waals surface area contributed by atoms with E-state index in [9.17, 15) is 0 Å². The fourth-order valence-electron chi connectivity index (χ4n) is 4.58. The van der Waals surface area contributed by atoms with Crippen LogP contribution in [0.15, 0.2) is 48.5 Å². The molecule has 1 aliphatic carbocycles. The summed E-state index contributed by atoms with van der Waals surface area (Å²) in [5.41, 5.74) is 5.11. The molecule has 0 fully saturated rings. The average molecular weight is 323 g/mol. The topological polar surface area (TPSA) is 9.23 Å². The van der Waals surface area contributed by atoms with Gasteiger partial charge in [0.15, 0.2) is 0 Å². The van der Waals surface area contributed by atoms with Crippen LogP contribution in [0.25, 0.3) is 0 Å². The lowest BCUT2D eigenvalue weighted by Gasteiger charge is -2.42. The van der Waals surface area contributed by atoms with Crippen molar-refractivity contribution in [3.8, 4) is 0 Å². The molecule has 1 aliphatic heterocycles. The van der Waals surface area contributed by atoms with E-state index >= 15 is 0 Å². The van der Waals surface area contributed by atoms with Gasteiger partial charge in [-0.15, -0.1) is 0 Å². The monoisotopic (exact) mass is 322 g/mol. The Morgan fingerprint density at radius 1 is 0.957 bits per heavy atom. The minimum absolute atomic E-state index is 0.312. The summed E-state index contributed by atoms with van der Waals surface area (Å²) in [6.07, 6.45) is 5.15. The summed E-state index contributed by atoms with van der Waals surface area (Å²) in [6, 6.07) is 19.2. The van der Waals surface area contributed by atoms with Gasteiger partial charge in [0.2, 0.25) is 8.32 Å². The second kappa shape index (κ2) is 5.92. The van der Waals surface area contributed by atoms with Crippen molar-refractivity contribution >= 4 is 13.5 Å². The van der Waals surface area contributed by atoms with Gasteiger partial charge in [0.25, 0.3) is 0 Å². The maximum Gasteiger partial charge on any atom is 0.227 e. The molecular weight excluding hydrogens is 296 g/mol. The van der Waals surface area contributed by atoms with Crippen LogP contribution >= 0.6 is 0 Å². The van der Waals surface area contributed by atoms with Crippen LogP contribution in [0, 0.1) is 0 Å². The zero-order valence-corrected chi connectivity index (χ0v) is 15.2. The third-order valence-electron chi connectivity index (χ3n) is 5.83. The summed E-state index contributed by atoms with van der Waals surface area (Å²) in [5, 5.41) is 1.57. The van der Waals surface area contributed by atoms with Gasteiger partial charge >= 0.3 is 0 Å². The van der Waals surface area contributed by atoms with E-state index in [4.69, 9.17) is 4.43 Å². The maximum atomic E-state index is 7.09. The first-order chi connectivity index (χ1) is 11.2. The van der Waals surface area contributed by atoms with Gasteiger partial charge in [-0.05, 0) is 59.1 Å². The van der Waals surface area contributed by atoms with Gasteiger partial charge in [0, 0.05) is 0 Å². The standard InChI is InChI=1S/C21H26OSi/c1-16(2)23(15-7-10-18-9-4-6-12-21(18)23)22-20-14-13-17-8-3-5-11-19(17)20/h3-6,8-9,11-12,16,20H,7,10,13-15H2,1-2H3/t20-,23-/m1/s1. The number of fused-ring (bicyclic) bond motifs is 2. The minimum atomic E-state index is -1.91.